The summed E-state index contributed by atoms with van der Waals surface area (Å²) in [5.74, 6) is 1.59. The highest BCUT2D eigenvalue weighted by atomic mass is 16.5. The van der Waals surface area contributed by atoms with Crippen LogP contribution in [0.5, 0.6) is 5.75 Å². The first-order chi connectivity index (χ1) is 8.36. The van der Waals surface area contributed by atoms with Gasteiger partial charge in [0.2, 0.25) is 0 Å². The van der Waals surface area contributed by atoms with Crippen LogP contribution >= 0.6 is 0 Å². The Balaban J connectivity index is 1.94. The lowest BCUT2D eigenvalue weighted by Crippen LogP contribution is -2.11. The van der Waals surface area contributed by atoms with Crippen molar-refractivity contribution in [2.24, 2.45) is 5.73 Å². The Bertz CT molecular complexity index is 516. The number of nitrogens with one attached hydrogen (secondary N) is 1. The predicted molar refractivity (Wildman–Crippen MR) is 64.7 cm³/mol. The SMILES string of the molecule is NCc1nc2nccc(OC3CCCC3)c2[nH]1. The van der Waals surface area contributed by atoms with E-state index in [1.807, 2.05) is 6.07 Å². The smallest absolute Gasteiger partial charge is 0.181 e. The number of pyridine rings is 1. The van der Waals surface area contributed by atoms with Gasteiger partial charge in [-0.15, -0.1) is 0 Å². The number of hydrogen-bond donors (Lipinski definition) is 2. The zero-order chi connectivity index (χ0) is 11.7. The van der Waals surface area contributed by atoms with Gasteiger partial charge in [0.05, 0.1) is 12.6 Å². The molecule has 1 aliphatic rings. The average Bonchev–Trinajstić information content (AvgIpc) is 2.97. The van der Waals surface area contributed by atoms with E-state index in [9.17, 15) is 0 Å². The number of H-pyrrole nitrogens is 1. The summed E-state index contributed by atoms with van der Waals surface area (Å²) in [5.41, 5.74) is 7.11. The molecule has 1 fully saturated rings. The molecule has 0 spiro atoms. The largest absolute Gasteiger partial charge is 0.488 e. The number of hydrogen-bond acceptors (Lipinski definition) is 4. The van der Waals surface area contributed by atoms with Gasteiger partial charge in [-0.25, -0.2) is 9.97 Å². The van der Waals surface area contributed by atoms with Crippen LogP contribution in [0.15, 0.2) is 12.3 Å². The summed E-state index contributed by atoms with van der Waals surface area (Å²) in [6.07, 6.45) is 6.87. The number of ether oxygens (including phenoxy) is 1. The molecule has 0 aromatic carbocycles. The summed E-state index contributed by atoms with van der Waals surface area (Å²) in [5, 5.41) is 0. The Morgan fingerprint density at radius 1 is 1.41 bits per heavy atom. The molecule has 0 radical (unpaired) electrons. The van der Waals surface area contributed by atoms with E-state index in [0.717, 1.165) is 29.9 Å². The van der Waals surface area contributed by atoms with Crippen molar-refractivity contribution in [3.63, 3.8) is 0 Å². The van der Waals surface area contributed by atoms with E-state index < -0.39 is 0 Å². The molecule has 1 aliphatic carbocycles. The molecule has 5 nitrogen and oxygen atoms in total. The molecule has 2 aromatic heterocycles. The lowest BCUT2D eigenvalue weighted by atomic mass is 10.3. The Morgan fingerprint density at radius 3 is 3.00 bits per heavy atom. The van der Waals surface area contributed by atoms with E-state index in [1.165, 1.54) is 12.8 Å². The minimum absolute atomic E-state index is 0.338. The van der Waals surface area contributed by atoms with Crippen LogP contribution in [0, 0.1) is 0 Å². The molecule has 0 bridgehead atoms. The van der Waals surface area contributed by atoms with Gasteiger partial charge < -0.3 is 15.5 Å². The molecule has 90 valence electrons. The third-order valence-corrected chi connectivity index (χ3v) is 3.19. The van der Waals surface area contributed by atoms with Gasteiger partial charge in [-0.05, 0) is 25.7 Å². The molecule has 1 saturated carbocycles. The van der Waals surface area contributed by atoms with E-state index in [-0.39, 0.29) is 0 Å². The van der Waals surface area contributed by atoms with E-state index in [1.54, 1.807) is 6.20 Å². The highest BCUT2D eigenvalue weighted by Gasteiger charge is 2.18. The zero-order valence-corrected chi connectivity index (χ0v) is 9.65. The van der Waals surface area contributed by atoms with Crippen molar-refractivity contribution in [1.82, 2.24) is 15.0 Å². The molecule has 0 aliphatic heterocycles. The van der Waals surface area contributed by atoms with Crippen LogP contribution in [0.3, 0.4) is 0 Å². The van der Waals surface area contributed by atoms with Crippen LogP contribution in [0.25, 0.3) is 11.2 Å². The lowest BCUT2D eigenvalue weighted by molar-refractivity contribution is 0.212. The molecule has 2 heterocycles. The van der Waals surface area contributed by atoms with Crippen molar-refractivity contribution < 1.29 is 4.74 Å². The Morgan fingerprint density at radius 2 is 2.24 bits per heavy atom. The van der Waals surface area contributed by atoms with Crippen molar-refractivity contribution in [2.75, 3.05) is 0 Å². The minimum Gasteiger partial charge on any atom is -0.488 e. The minimum atomic E-state index is 0.338. The highest BCUT2D eigenvalue weighted by Crippen LogP contribution is 2.27. The van der Waals surface area contributed by atoms with E-state index in [0.29, 0.717) is 18.3 Å². The van der Waals surface area contributed by atoms with Crippen molar-refractivity contribution in [2.45, 2.75) is 38.3 Å². The Hall–Kier alpha value is -1.62. The Kier molecular flexibility index (Phi) is 2.68. The molecule has 0 unspecified atom stereocenters. The molecular weight excluding hydrogens is 216 g/mol. The molecule has 0 amide bonds. The van der Waals surface area contributed by atoms with Crippen LogP contribution in [-0.2, 0) is 6.54 Å². The molecule has 3 rings (SSSR count). The summed E-state index contributed by atoms with van der Waals surface area (Å²) in [6, 6.07) is 1.89. The number of nitrogens with two attached hydrogens (primary N) is 1. The Labute approximate surface area is 99.4 Å². The van der Waals surface area contributed by atoms with Gasteiger partial charge in [0.15, 0.2) is 5.65 Å². The fourth-order valence-electron chi connectivity index (χ4n) is 2.32. The second-order valence-corrected chi connectivity index (χ2v) is 4.42. The average molecular weight is 232 g/mol. The number of nitrogens with zero attached hydrogens (tertiary/aromatic N) is 2. The lowest BCUT2D eigenvalue weighted by Gasteiger charge is -2.12. The maximum Gasteiger partial charge on any atom is 0.181 e. The summed E-state index contributed by atoms with van der Waals surface area (Å²) < 4.78 is 5.99. The van der Waals surface area contributed by atoms with Crippen LogP contribution in [0.4, 0.5) is 0 Å². The molecule has 5 heteroatoms. The molecule has 0 atom stereocenters. The van der Waals surface area contributed by atoms with Crippen molar-refractivity contribution in [1.29, 1.82) is 0 Å². The highest BCUT2D eigenvalue weighted by molar-refractivity contribution is 5.77. The van der Waals surface area contributed by atoms with Gasteiger partial charge in [0.25, 0.3) is 0 Å². The maximum absolute atomic E-state index is 5.99. The standard InChI is InChI=1S/C12H16N4O/c13-7-10-15-11-9(5-6-14-12(11)16-10)17-8-3-1-2-4-8/h5-6,8H,1-4,7,13H2,(H,14,15,16). The fraction of sp³-hybridized carbons (Fsp3) is 0.500. The quantitative estimate of drug-likeness (QED) is 0.845. The second-order valence-electron chi connectivity index (χ2n) is 4.42. The van der Waals surface area contributed by atoms with Crippen molar-refractivity contribution >= 4 is 11.2 Å². The third kappa shape index (κ3) is 1.98. The summed E-state index contributed by atoms with van der Waals surface area (Å²) >= 11 is 0. The van der Waals surface area contributed by atoms with E-state index >= 15 is 0 Å². The predicted octanol–water partition coefficient (Wildman–Crippen LogP) is 1.74. The second kappa shape index (κ2) is 4.33. The third-order valence-electron chi connectivity index (χ3n) is 3.19. The van der Waals surface area contributed by atoms with Gasteiger partial charge in [-0.2, -0.15) is 0 Å². The van der Waals surface area contributed by atoms with Gasteiger partial charge in [0, 0.05) is 12.3 Å². The summed E-state index contributed by atoms with van der Waals surface area (Å²) in [7, 11) is 0. The van der Waals surface area contributed by atoms with E-state index in [2.05, 4.69) is 15.0 Å². The topological polar surface area (TPSA) is 76.8 Å². The summed E-state index contributed by atoms with van der Waals surface area (Å²) in [6.45, 7) is 0.388. The first kappa shape index (κ1) is 10.5. The fourth-order valence-corrected chi connectivity index (χ4v) is 2.32. The molecule has 17 heavy (non-hydrogen) atoms. The van der Waals surface area contributed by atoms with Crippen molar-refractivity contribution in [3.8, 4) is 5.75 Å². The van der Waals surface area contributed by atoms with Crippen LogP contribution in [-0.4, -0.2) is 21.1 Å². The van der Waals surface area contributed by atoms with Crippen LogP contribution in [0.2, 0.25) is 0 Å². The van der Waals surface area contributed by atoms with Gasteiger partial charge in [-0.3, -0.25) is 0 Å². The number of aromatic nitrogens is 3. The molecule has 0 saturated heterocycles. The maximum atomic E-state index is 5.99. The van der Waals surface area contributed by atoms with Gasteiger partial charge in [-0.1, -0.05) is 0 Å². The number of rotatable bonds is 3. The molecule has 3 N–H and O–H groups in total. The van der Waals surface area contributed by atoms with Crippen LogP contribution < -0.4 is 10.5 Å². The normalized spacial score (nSPS) is 16.8. The molecule has 2 aromatic rings. The zero-order valence-electron chi connectivity index (χ0n) is 9.65. The van der Waals surface area contributed by atoms with E-state index in [4.69, 9.17) is 10.5 Å². The number of aromatic amines is 1. The monoisotopic (exact) mass is 232 g/mol. The first-order valence-corrected chi connectivity index (χ1v) is 6.07. The van der Waals surface area contributed by atoms with Gasteiger partial charge >= 0.3 is 0 Å². The van der Waals surface area contributed by atoms with Gasteiger partial charge in [0.1, 0.15) is 17.1 Å². The number of imidazole rings is 1. The number of fused-ring (bicyclic) bond motifs is 1. The first-order valence-electron chi connectivity index (χ1n) is 6.07. The molecular formula is C12H16N4O. The van der Waals surface area contributed by atoms with Crippen LogP contribution in [0.1, 0.15) is 31.5 Å². The van der Waals surface area contributed by atoms with Crippen molar-refractivity contribution in [3.05, 3.63) is 18.1 Å². The summed E-state index contributed by atoms with van der Waals surface area (Å²) in [4.78, 5) is 11.7.